The molecule has 2 aliphatic rings. The number of fused-ring (bicyclic) bond motifs is 1. The molecule has 3 aromatic rings. The second kappa shape index (κ2) is 8.57. The first-order chi connectivity index (χ1) is 15.2. The Morgan fingerprint density at radius 2 is 1.74 bits per heavy atom. The van der Waals surface area contributed by atoms with Crippen molar-refractivity contribution in [1.82, 2.24) is 19.8 Å². The van der Waals surface area contributed by atoms with E-state index in [1.807, 2.05) is 30.3 Å². The molecule has 0 radical (unpaired) electrons. The molecule has 3 heterocycles. The van der Waals surface area contributed by atoms with Crippen molar-refractivity contribution in [2.45, 2.75) is 31.5 Å². The summed E-state index contributed by atoms with van der Waals surface area (Å²) < 4.78 is 0. The molecule has 0 aliphatic carbocycles. The topological polar surface area (TPSA) is 69.6 Å². The number of hydrogen-bond acceptors (Lipinski definition) is 5. The van der Waals surface area contributed by atoms with E-state index in [1.54, 1.807) is 17.2 Å². The SMILES string of the molecule is O=C(c1ccnc(-c2ccccc2)n1)N1CCC(N2CCc3ccccc3C2)[C@@H](O)C1. The average molecular weight is 415 g/mol. The van der Waals surface area contributed by atoms with Crippen LogP contribution in [0.4, 0.5) is 0 Å². The standard InChI is InChI=1S/C25H26N4O2/c30-23-17-29(15-12-22(23)28-14-11-18-6-4-5-9-20(18)16-28)25(31)21-10-13-26-24(27-21)19-7-2-1-3-8-19/h1-10,13,22-23,30H,11-12,14-17H2/t22?,23-/m0/s1. The number of aromatic nitrogens is 2. The lowest BCUT2D eigenvalue weighted by atomic mass is 9.94. The predicted octanol–water partition coefficient (Wildman–Crippen LogP) is 2.78. The Hall–Kier alpha value is -3.09. The molecular weight excluding hydrogens is 388 g/mol. The Labute approximate surface area is 182 Å². The highest BCUT2D eigenvalue weighted by atomic mass is 16.3. The molecule has 31 heavy (non-hydrogen) atoms. The summed E-state index contributed by atoms with van der Waals surface area (Å²) in [5, 5.41) is 10.9. The molecule has 5 rings (SSSR count). The van der Waals surface area contributed by atoms with Crippen LogP contribution in [0.25, 0.3) is 11.4 Å². The zero-order valence-electron chi connectivity index (χ0n) is 17.4. The van der Waals surface area contributed by atoms with Gasteiger partial charge in [-0.15, -0.1) is 0 Å². The van der Waals surface area contributed by atoms with Gasteiger partial charge in [0.25, 0.3) is 5.91 Å². The van der Waals surface area contributed by atoms with Crippen LogP contribution in [-0.2, 0) is 13.0 Å². The predicted molar refractivity (Wildman–Crippen MR) is 118 cm³/mol. The van der Waals surface area contributed by atoms with Gasteiger partial charge in [-0.05, 0) is 30.0 Å². The Morgan fingerprint density at radius 1 is 0.968 bits per heavy atom. The molecule has 1 amide bonds. The first kappa shape index (κ1) is 19.8. The third-order valence-electron chi connectivity index (χ3n) is 6.37. The van der Waals surface area contributed by atoms with Gasteiger partial charge in [0.1, 0.15) is 5.69 Å². The lowest BCUT2D eigenvalue weighted by Crippen LogP contribution is -2.56. The number of carbonyl (C=O) groups is 1. The molecule has 1 aromatic heterocycles. The second-order valence-electron chi connectivity index (χ2n) is 8.30. The summed E-state index contributed by atoms with van der Waals surface area (Å²) in [5.74, 6) is 0.384. The van der Waals surface area contributed by atoms with Crippen molar-refractivity contribution in [3.63, 3.8) is 0 Å². The van der Waals surface area contributed by atoms with E-state index < -0.39 is 6.10 Å². The molecule has 0 saturated carbocycles. The number of benzene rings is 2. The molecule has 2 atom stereocenters. The summed E-state index contributed by atoms with van der Waals surface area (Å²) in [6.07, 6.45) is 2.81. The molecule has 1 saturated heterocycles. The van der Waals surface area contributed by atoms with E-state index in [1.165, 1.54) is 11.1 Å². The maximum absolute atomic E-state index is 13.1. The van der Waals surface area contributed by atoms with Crippen molar-refractivity contribution in [2.24, 2.45) is 0 Å². The maximum atomic E-state index is 13.1. The number of piperidine rings is 1. The summed E-state index contributed by atoms with van der Waals surface area (Å²) in [4.78, 5) is 26.0. The largest absolute Gasteiger partial charge is 0.390 e. The molecule has 1 fully saturated rings. The Bertz CT molecular complexity index is 1070. The van der Waals surface area contributed by atoms with E-state index >= 15 is 0 Å². The van der Waals surface area contributed by atoms with Gasteiger partial charge in [-0.25, -0.2) is 9.97 Å². The van der Waals surface area contributed by atoms with Crippen LogP contribution >= 0.6 is 0 Å². The number of amides is 1. The first-order valence-electron chi connectivity index (χ1n) is 10.9. The minimum absolute atomic E-state index is 0.0719. The Morgan fingerprint density at radius 3 is 2.55 bits per heavy atom. The molecule has 0 spiro atoms. The molecule has 6 nitrogen and oxygen atoms in total. The van der Waals surface area contributed by atoms with Crippen molar-refractivity contribution < 1.29 is 9.90 Å². The lowest BCUT2D eigenvalue weighted by Gasteiger charge is -2.43. The quantitative estimate of drug-likeness (QED) is 0.714. The monoisotopic (exact) mass is 414 g/mol. The molecule has 2 aliphatic heterocycles. The van der Waals surface area contributed by atoms with Gasteiger partial charge >= 0.3 is 0 Å². The van der Waals surface area contributed by atoms with Gasteiger partial charge in [-0.2, -0.15) is 0 Å². The van der Waals surface area contributed by atoms with Gasteiger partial charge in [0, 0.05) is 44.0 Å². The minimum Gasteiger partial charge on any atom is -0.390 e. The van der Waals surface area contributed by atoms with Crippen LogP contribution in [0.2, 0.25) is 0 Å². The fourth-order valence-corrected chi connectivity index (χ4v) is 4.70. The first-order valence-corrected chi connectivity index (χ1v) is 10.9. The number of β-amino-alcohol motifs (C(OH)–C–C–N with tert-alkyl or cyclic N) is 1. The number of carbonyl (C=O) groups excluding carboxylic acids is 1. The zero-order valence-corrected chi connectivity index (χ0v) is 17.4. The Balaban J connectivity index is 1.26. The fraction of sp³-hybridized carbons (Fsp3) is 0.320. The third-order valence-corrected chi connectivity index (χ3v) is 6.37. The van der Waals surface area contributed by atoms with Crippen LogP contribution in [0.15, 0.2) is 66.9 Å². The molecule has 0 bridgehead atoms. The average Bonchev–Trinajstić information content (AvgIpc) is 2.84. The van der Waals surface area contributed by atoms with Crippen molar-refractivity contribution >= 4 is 5.91 Å². The summed E-state index contributed by atoms with van der Waals surface area (Å²) >= 11 is 0. The second-order valence-corrected chi connectivity index (χ2v) is 8.30. The summed E-state index contributed by atoms with van der Waals surface area (Å²) in [7, 11) is 0. The zero-order chi connectivity index (χ0) is 21.2. The number of aliphatic hydroxyl groups is 1. The van der Waals surface area contributed by atoms with E-state index in [-0.39, 0.29) is 11.9 Å². The number of nitrogens with zero attached hydrogens (tertiary/aromatic N) is 4. The van der Waals surface area contributed by atoms with Gasteiger partial charge in [-0.3, -0.25) is 9.69 Å². The molecule has 6 heteroatoms. The van der Waals surface area contributed by atoms with Crippen LogP contribution in [0.1, 0.15) is 28.0 Å². The van der Waals surface area contributed by atoms with Gasteiger partial charge in [0.15, 0.2) is 5.82 Å². The van der Waals surface area contributed by atoms with Crippen molar-refractivity contribution in [2.75, 3.05) is 19.6 Å². The van der Waals surface area contributed by atoms with Crippen molar-refractivity contribution in [3.8, 4) is 11.4 Å². The van der Waals surface area contributed by atoms with Crippen LogP contribution < -0.4 is 0 Å². The van der Waals surface area contributed by atoms with E-state index in [4.69, 9.17) is 0 Å². The summed E-state index contributed by atoms with van der Waals surface area (Å²) in [6.45, 7) is 2.74. The molecule has 1 N–H and O–H groups in total. The molecule has 2 aromatic carbocycles. The smallest absolute Gasteiger partial charge is 0.272 e. The normalized spacial score (nSPS) is 21.5. The highest BCUT2D eigenvalue weighted by molar-refractivity contribution is 5.92. The maximum Gasteiger partial charge on any atom is 0.272 e. The van der Waals surface area contributed by atoms with E-state index in [2.05, 4.69) is 39.1 Å². The Kier molecular flexibility index (Phi) is 5.49. The van der Waals surface area contributed by atoms with Crippen LogP contribution in [-0.4, -0.2) is 62.6 Å². The van der Waals surface area contributed by atoms with Crippen molar-refractivity contribution in [1.29, 1.82) is 0 Å². The molecule has 1 unspecified atom stereocenters. The van der Waals surface area contributed by atoms with Gasteiger partial charge < -0.3 is 10.0 Å². The fourth-order valence-electron chi connectivity index (χ4n) is 4.70. The number of hydrogen-bond donors (Lipinski definition) is 1. The number of aliphatic hydroxyl groups excluding tert-OH is 1. The van der Waals surface area contributed by atoms with Crippen LogP contribution in [0.5, 0.6) is 0 Å². The van der Waals surface area contributed by atoms with Crippen LogP contribution in [0, 0.1) is 0 Å². The van der Waals surface area contributed by atoms with Crippen molar-refractivity contribution in [3.05, 3.63) is 83.7 Å². The van der Waals surface area contributed by atoms with Gasteiger partial charge in [0.05, 0.1) is 6.10 Å². The number of rotatable bonds is 3. The summed E-state index contributed by atoms with van der Waals surface area (Å²) in [5.41, 5.74) is 3.99. The summed E-state index contributed by atoms with van der Waals surface area (Å²) in [6, 6.07) is 19.9. The lowest BCUT2D eigenvalue weighted by molar-refractivity contribution is -0.0139. The van der Waals surface area contributed by atoms with E-state index in [9.17, 15) is 9.90 Å². The third kappa shape index (κ3) is 4.09. The van der Waals surface area contributed by atoms with Crippen LogP contribution in [0.3, 0.4) is 0 Å². The van der Waals surface area contributed by atoms with Gasteiger partial charge in [-0.1, -0.05) is 54.6 Å². The van der Waals surface area contributed by atoms with E-state index in [0.717, 1.165) is 31.5 Å². The molecule has 158 valence electrons. The van der Waals surface area contributed by atoms with Gasteiger partial charge in [0.2, 0.25) is 0 Å². The van der Waals surface area contributed by atoms with E-state index in [0.29, 0.717) is 24.6 Å². The molecular formula is C25H26N4O2. The highest BCUT2D eigenvalue weighted by Crippen LogP contribution is 2.26. The minimum atomic E-state index is -0.571. The highest BCUT2D eigenvalue weighted by Gasteiger charge is 2.35. The number of likely N-dealkylation sites (tertiary alicyclic amines) is 1.